The predicted octanol–water partition coefficient (Wildman–Crippen LogP) is 8.28. The van der Waals surface area contributed by atoms with Gasteiger partial charge in [0.2, 0.25) is 0 Å². The van der Waals surface area contributed by atoms with Crippen molar-refractivity contribution in [1.29, 1.82) is 0 Å². The van der Waals surface area contributed by atoms with Crippen LogP contribution in [0.3, 0.4) is 0 Å². The Hall–Kier alpha value is -4.75. The van der Waals surface area contributed by atoms with Crippen molar-refractivity contribution in [2.24, 2.45) is 0 Å². The summed E-state index contributed by atoms with van der Waals surface area (Å²) in [6, 6.07) is 13.3. The standard InChI is InChI=1S/C31H21F10NO3/c1-44-23-9-2-17(3-10-23)16-29(19-5-7-21(32)8-6-19,20-13-22(33)15-24(14-20)45-31(40,41)28(35)36)42-27(43)18-4-11-26(34)25(12-18)30(37,38)39/h2-15,28H,16H2,1H3,(H,42,43). The SMILES string of the molecule is COc1ccc(CC(NC(=O)c2ccc(F)c(C(F)(F)F)c2)(c2ccc(F)cc2)c2cc(F)cc(OC(F)(F)C(F)F)c2)cc1. The lowest BCUT2D eigenvalue weighted by atomic mass is 9.77. The molecule has 0 radical (unpaired) electrons. The Labute approximate surface area is 249 Å². The third-order valence-corrected chi connectivity index (χ3v) is 6.70. The molecule has 45 heavy (non-hydrogen) atoms. The number of carbonyl (C=O) groups is 1. The van der Waals surface area contributed by atoms with Gasteiger partial charge in [0.25, 0.3) is 5.91 Å². The first-order valence-electron chi connectivity index (χ1n) is 12.8. The van der Waals surface area contributed by atoms with Crippen molar-refractivity contribution in [2.75, 3.05) is 7.11 Å². The number of rotatable bonds is 10. The number of halogens is 10. The fraction of sp³-hybridized carbons (Fsp3) is 0.194. The van der Waals surface area contributed by atoms with Gasteiger partial charge >= 0.3 is 18.7 Å². The highest BCUT2D eigenvalue weighted by atomic mass is 19.4. The second-order valence-electron chi connectivity index (χ2n) is 9.72. The summed E-state index contributed by atoms with van der Waals surface area (Å²) < 4.78 is 146. The Morgan fingerprint density at radius 2 is 1.40 bits per heavy atom. The molecule has 1 unspecified atom stereocenters. The van der Waals surface area contributed by atoms with Crippen LogP contribution in [-0.4, -0.2) is 25.6 Å². The first kappa shape index (κ1) is 33.1. The third kappa shape index (κ3) is 7.49. The molecule has 14 heteroatoms. The van der Waals surface area contributed by atoms with E-state index in [4.69, 9.17) is 4.74 Å². The third-order valence-electron chi connectivity index (χ3n) is 6.70. The molecule has 0 aliphatic heterocycles. The summed E-state index contributed by atoms with van der Waals surface area (Å²) in [6.45, 7) is 0. The number of carbonyl (C=O) groups excluding carboxylic acids is 1. The van der Waals surface area contributed by atoms with Gasteiger partial charge in [0.1, 0.15) is 29.0 Å². The minimum absolute atomic E-state index is 0.0385. The lowest BCUT2D eigenvalue weighted by molar-refractivity contribution is -0.253. The lowest BCUT2D eigenvalue weighted by Crippen LogP contribution is -2.49. The normalized spacial score (nSPS) is 13.3. The van der Waals surface area contributed by atoms with E-state index >= 15 is 0 Å². The van der Waals surface area contributed by atoms with Gasteiger partial charge in [-0.2, -0.15) is 30.7 Å². The predicted molar refractivity (Wildman–Crippen MR) is 141 cm³/mol. The summed E-state index contributed by atoms with van der Waals surface area (Å²) in [7, 11) is 1.37. The van der Waals surface area contributed by atoms with Crippen molar-refractivity contribution >= 4 is 5.91 Å². The van der Waals surface area contributed by atoms with Crippen molar-refractivity contribution in [3.05, 3.63) is 130 Å². The average molecular weight is 645 g/mol. The highest BCUT2D eigenvalue weighted by molar-refractivity contribution is 5.95. The number of benzene rings is 4. The summed E-state index contributed by atoms with van der Waals surface area (Å²) >= 11 is 0. The molecule has 4 nitrogen and oxygen atoms in total. The summed E-state index contributed by atoms with van der Waals surface area (Å²) in [4.78, 5) is 13.6. The molecule has 0 aliphatic rings. The van der Waals surface area contributed by atoms with Gasteiger partial charge in [0, 0.05) is 18.1 Å². The van der Waals surface area contributed by atoms with Crippen LogP contribution in [0.25, 0.3) is 0 Å². The Morgan fingerprint density at radius 3 is 1.98 bits per heavy atom. The second kappa shape index (κ2) is 12.7. The van der Waals surface area contributed by atoms with Crippen LogP contribution in [0.1, 0.15) is 32.6 Å². The molecule has 0 bridgehead atoms. The highest BCUT2D eigenvalue weighted by Gasteiger charge is 2.45. The molecule has 4 aromatic rings. The Bertz CT molecular complexity index is 1660. The average Bonchev–Trinajstić information content (AvgIpc) is 2.96. The summed E-state index contributed by atoms with van der Waals surface area (Å²) in [6.07, 6.45) is -15.0. The van der Waals surface area contributed by atoms with Crippen LogP contribution < -0.4 is 14.8 Å². The molecular weight excluding hydrogens is 624 g/mol. The Morgan fingerprint density at radius 1 is 0.756 bits per heavy atom. The van der Waals surface area contributed by atoms with Crippen LogP contribution in [0.4, 0.5) is 43.9 Å². The Kier molecular flexibility index (Phi) is 9.35. The minimum atomic E-state index is -5.19. The van der Waals surface area contributed by atoms with Crippen LogP contribution in [0, 0.1) is 17.5 Å². The molecule has 1 N–H and O–H groups in total. The Balaban J connectivity index is 1.96. The van der Waals surface area contributed by atoms with E-state index in [9.17, 15) is 48.7 Å². The van der Waals surface area contributed by atoms with Crippen LogP contribution >= 0.6 is 0 Å². The largest absolute Gasteiger partial charge is 0.497 e. The van der Waals surface area contributed by atoms with Gasteiger partial charge in [-0.15, -0.1) is 0 Å². The summed E-state index contributed by atoms with van der Waals surface area (Å²) in [5, 5.41) is 2.47. The molecule has 0 aliphatic carbocycles. The summed E-state index contributed by atoms with van der Waals surface area (Å²) in [5.74, 6) is -5.71. The molecule has 0 aromatic heterocycles. The zero-order chi connectivity index (χ0) is 33.2. The molecule has 0 heterocycles. The van der Waals surface area contributed by atoms with E-state index in [0.717, 1.165) is 42.5 Å². The van der Waals surface area contributed by atoms with E-state index in [1.54, 1.807) is 0 Å². The van der Waals surface area contributed by atoms with Crippen molar-refractivity contribution < 1.29 is 58.2 Å². The molecule has 1 amide bonds. The lowest BCUT2D eigenvalue weighted by Gasteiger charge is -2.37. The van der Waals surface area contributed by atoms with Gasteiger partial charge < -0.3 is 14.8 Å². The van der Waals surface area contributed by atoms with Gasteiger partial charge in [0.15, 0.2) is 0 Å². The maximum absolute atomic E-state index is 15.0. The van der Waals surface area contributed by atoms with E-state index in [2.05, 4.69) is 10.1 Å². The fourth-order valence-corrected chi connectivity index (χ4v) is 4.56. The number of amides is 1. The zero-order valence-electron chi connectivity index (χ0n) is 22.9. The molecule has 0 saturated heterocycles. The monoisotopic (exact) mass is 645 g/mol. The molecule has 1 atom stereocenters. The van der Waals surface area contributed by atoms with E-state index in [1.165, 1.54) is 31.4 Å². The smallest absolute Gasteiger partial charge is 0.461 e. The van der Waals surface area contributed by atoms with Crippen LogP contribution in [0.5, 0.6) is 11.5 Å². The van der Waals surface area contributed by atoms with Crippen molar-refractivity contribution in [3.8, 4) is 11.5 Å². The van der Waals surface area contributed by atoms with Gasteiger partial charge in [-0.3, -0.25) is 4.79 Å². The van der Waals surface area contributed by atoms with Crippen LogP contribution in [0.2, 0.25) is 0 Å². The van der Waals surface area contributed by atoms with Crippen molar-refractivity contribution in [1.82, 2.24) is 5.32 Å². The number of alkyl halides is 7. The van der Waals surface area contributed by atoms with Crippen molar-refractivity contribution in [3.63, 3.8) is 0 Å². The van der Waals surface area contributed by atoms with Gasteiger partial charge in [-0.1, -0.05) is 24.3 Å². The quantitative estimate of drug-likeness (QED) is 0.177. The number of hydrogen-bond acceptors (Lipinski definition) is 3. The molecule has 0 saturated carbocycles. The zero-order valence-corrected chi connectivity index (χ0v) is 22.9. The van der Waals surface area contributed by atoms with E-state index < -0.39 is 76.5 Å². The number of nitrogens with one attached hydrogen (secondary N) is 1. The number of hydrogen-bond donors (Lipinski definition) is 1. The molecule has 0 fully saturated rings. The molecule has 4 rings (SSSR count). The highest BCUT2D eigenvalue weighted by Crippen LogP contribution is 2.39. The maximum atomic E-state index is 15.0. The number of methoxy groups -OCH3 is 1. The van der Waals surface area contributed by atoms with E-state index in [-0.39, 0.29) is 11.6 Å². The minimum Gasteiger partial charge on any atom is -0.497 e. The van der Waals surface area contributed by atoms with Crippen LogP contribution in [-0.2, 0) is 18.1 Å². The topological polar surface area (TPSA) is 47.6 Å². The van der Waals surface area contributed by atoms with Crippen molar-refractivity contribution in [2.45, 2.75) is 30.7 Å². The van der Waals surface area contributed by atoms with E-state index in [1.807, 2.05) is 0 Å². The fourth-order valence-electron chi connectivity index (χ4n) is 4.56. The molecule has 238 valence electrons. The van der Waals surface area contributed by atoms with E-state index in [0.29, 0.717) is 23.4 Å². The molecule has 4 aromatic carbocycles. The first-order chi connectivity index (χ1) is 21.0. The number of ether oxygens (including phenoxy) is 2. The first-order valence-corrected chi connectivity index (χ1v) is 12.8. The van der Waals surface area contributed by atoms with Gasteiger partial charge in [-0.25, -0.2) is 13.2 Å². The maximum Gasteiger partial charge on any atom is 0.461 e. The molecule has 0 spiro atoms. The van der Waals surface area contributed by atoms with Gasteiger partial charge in [0.05, 0.1) is 18.2 Å². The van der Waals surface area contributed by atoms with Crippen LogP contribution in [0.15, 0.2) is 84.9 Å². The summed E-state index contributed by atoms with van der Waals surface area (Å²) in [5.41, 5.74) is -4.69. The second-order valence-corrected chi connectivity index (χ2v) is 9.72. The molecular formula is C31H21F10NO3. The van der Waals surface area contributed by atoms with Gasteiger partial charge in [-0.05, 0) is 71.3 Å².